The zero-order valence-corrected chi connectivity index (χ0v) is 39.2. The molecule has 8 heteroatoms. The number of ketones is 2. The predicted molar refractivity (Wildman–Crippen MR) is 244 cm³/mol. The number of allylic oxidation sites excluding steroid dienone is 1. The smallest absolute Gasteiger partial charge is 0.160 e. The Balaban J connectivity index is 1.17. The molecule has 2 N–H and O–H groups in total. The van der Waals surface area contributed by atoms with Crippen molar-refractivity contribution in [1.29, 1.82) is 0 Å². The maximum Gasteiger partial charge on any atom is 0.160 e. The number of ether oxygens (including phenoxy) is 2. The molecule has 5 heterocycles. The molecule has 0 amide bonds. The highest BCUT2D eigenvalue weighted by Gasteiger charge is 2.72. The molecule has 0 unspecified atom stereocenters. The molecule has 1 aromatic carbocycles. The second kappa shape index (κ2) is 14.2. The van der Waals surface area contributed by atoms with Crippen LogP contribution in [0.5, 0.6) is 0 Å². The van der Waals surface area contributed by atoms with Crippen LogP contribution in [0.3, 0.4) is 0 Å². The highest BCUT2D eigenvalue weighted by molar-refractivity contribution is 6.07. The maximum atomic E-state index is 15.3. The van der Waals surface area contributed by atoms with Crippen molar-refractivity contribution in [2.75, 3.05) is 13.2 Å². The molecule has 0 spiro atoms. The van der Waals surface area contributed by atoms with Crippen molar-refractivity contribution in [3.05, 3.63) is 62.3 Å². The second-order valence-electron chi connectivity index (χ2n) is 23.5. The summed E-state index contributed by atoms with van der Waals surface area (Å²) in [6.45, 7) is 24.2. The summed E-state index contributed by atoms with van der Waals surface area (Å²) in [6, 6.07) is 7.11. The van der Waals surface area contributed by atoms with Gasteiger partial charge in [0.1, 0.15) is 11.9 Å². The van der Waals surface area contributed by atoms with Crippen LogP contribution in [0.1, 0.15) is 155 Å². The number of carbonyl (C=O) groups excluding carboxylic acids is 2. The minimum Gasteiger partial charge on any atom is -0.392 e. The summed E-state index contributed by atoms with van der Waals surface area (Å²) >= 11 is 0. The average molecular weight is 845 g/mol. The molecule has 10 rings (SSSR count). The van der Waals surface area contributed by atoms with Crippen molar-refractivity contribution in [3.8, 4) is 0 Å². The third-order valence-electron chi connectivity index (χ3n) is 19.2. The molecule has 5 fully saturated rings. The highest BCUT2D eigenvalue weighted by atomic mass is 16.6. The van der Waals surface area contributed by atoms with Gasteiger partial charge < -0.3 is 24.3 Å². The van der Waals surface area contributed by atoms with Gasteiger partial charge in [0, 0.05) is 78.5 Å². The van der Waals surface area contributed by atoms with Crippen LogP contribution in [0.25, 0.3) is 11.6 Å². The van der Waals surface area contributed by atoms with Crippen LogP contribution in [-0.2, 0) is 32.0 Å². The van der Waals surface area contributed by atoms with Gasteiger partial charge in [-0.05, 0) is 135 Å². The lowest BCUT2D eigenvalue weighted by atomic mass is 9.34. The van der Waals surface area contributed by atoms with Gasteiger partial charge in [-0.25, -0.2) is 0 Å². The first-order chi connectivity index (χ1) is 29.2. The fraction of sp³-hybridized carbons (Fsp3) is 0.685. The molecule has 4 aliphatic carbocycles. The maximum absolute atomic E-state index is 15.3. The Kier molecular flexibility index (Phi) is 9.77. The van der Waals surface area contributed by atoms with Crippen molar-refractivity contribution < 1.29 is 29.3 Å². The number of aliphatic hydroxyl groups is 2. The quantitative estimate of drug-likeness (QED) is 0.283. The number of aliphatic imine (C=N–C) groups is 1. The first kappa shape index (κ1) is 42.8. The van der Waals surface area contributed by atoms with Gasteiger partial charge in [0.15, 0.2) is 5.78 Å². The predicted octanol–water partition coefficient (Wildman–Crippen LogP) is 8.37. The molecule has 3 saturated carbocycles. The molecule has 0 bridgehead atoms. The number of nitrogens with zero attached hydrogens (tertiary/aromatic N) is 2. The second-order valence-corrected chi connectivity index (χ2v) is 23.5. The Morgan fingerprint density at radius 2 is 1.69 bits per heavy atom. The van der Waals surface area contributed by atoms with E-state index < -0.39 is 34.1 Å². The fourth-order valence-electron chi connectivity index (χ4n) is 16.0. The zero-order chi connectivity index (χ0) is 44.1. The van der Waals surface area contributed by atoms with Gasteiger partial charge in [-0.2, -0.15) is 0 Å². The molecule has 62 heavy (non-hydrogen) atoms. The summed E-state index contributed by atoms with van der Waals surface area (Å²) in [5.74, 6) is 0.708. The lowest BCUT2D eigenvalue weighted by molar-refractivity contribution is -0.220. The van der Waals surface area contributed by atoms with E-state index in [-0.39, 0.29) is 40.5 Å². The summed E-state index contributed by atoms with van der Waals surface area (Å²) < 4.78 is 14.3. The number of carbonyl (C=O) groups is 2. The molecule has 1 aromatic heterocycles. The molecule has 2 aromatic rings. The minimum absolute atomic E-state index is 0.111. The number of aromatic nitrogens is 1. The molecule has 0 radical (unpaired) electrons. The van der Waals surface area contributed by atoms with Gasteiger partial charge in [0.25, 0.3) is 0 Å². The van der Waals surface area contributed by atoms with E-state index in [1.165, 1.54) is 22.3 Å². The van der Waals surface area contributed by atoms with Crippen molar-refractivity contribution >= 4 is 35.1 Å². The third-order valence-corrected chi connectivity index (χ3v) is 19.2. The van der Waals surface area contributed by atoms with Gasteiger partial charge in [0.05, 0.1) is 28.8 Å². The zero-order valence-electron chi connectivity index (χ0n) is 39.2. The Morgan fingerprint density at radius 3 is 2.39 bits per heavy atom. The summed E-state index contributed by atoms with van der Waals surface area (Å²) in [4.78, 5) is 34.2. The lowest BCUT2D eigenvalue weighted by Gasteiger charge is -2.70. The molecular weight excluding hydrogens is 773 g/mol. The number of epoxide rings is 1. The van der Waals surface area contributed by atoms with Crippen molar-refractivity contribution in [2.45, 2.75) is 176 Å². The highest BCUT2D eigenvalue weighted by Crippen LogP contribution is 2.75. The number of hydrogen-bond acceptors (Lipinski definition) is 7. The van der Waals surface area contributed by atoms with Crippen LogP contribution in [0.2, 0.25) is 0 Å². The fourth-order valence-corrected chi connectivity index (χ4v) is 16.0. The largest absolute Gasteiger partial charge is 0.392 e. The molecular formula is C54H72N2O6. The summed E-state index contributed by atoms with van der Waals surface area (Å²) in [7, 11) is 0. The van der Waals surface area contributed by atoms with Crippen LogP contribution in [0.4, 0.5) is 5.69 Å². The minimum atomic E-state index is -0.740. The normalized spacial score (nSPS) is 39.1. The first-order valence-corrected chi connectivity index (χ1v) is 24.2. The molecule has 334 valence electrons. The van der Waals surface area contributed by atoms with Crippen LogP contribution in [0, 0.1) is 51.8 Å². The third kappa shape index (κ3) is 6.00. The SMILES string of the molecule is CC=c1c(Cc2cc(C)cc(C3CCOCC3)c2)c2c3n1C[C@@H]1C4=C(C(=O)C[C@@]4(C)[C@@]4(C)CC[C@H]5C(C)(C)C(=O)CC[C@]5(C)[C@@H]4[C@@H]1O)[C@](C)(C[C@@H](O)[C@@H]1OC1(C)C)CCC=3C=N2. The van der Waals surface area contributed by atoms with E-state index in [9.17, 15) is 15.0 Å². The number of benzene rings is 1. The Labute approximate surface area is 369 Å². The standard InChI is InChI=1S/C54H72N2O6/c1-11-37-35(25-31-22-30(2)23-34(24-31)32-15-20-61-21-16-32)44-45-33(28-55-44)12-17-51(7,26-39(58)48-50(5,6)62-48)43-38(57)27-54(10)42(43)36(29-56(37)45)46(60)47-52(8)18-14-41(59)49(3,4)40(52)13-19-53(47,54)9/h11,22-24,28,32,36,39-40,46-48,58,60H,12-21,25-27,29H2,1-10H3/t36-,39-,40+,46-,47+,48+,51+,52+,53+,54-/m1/s1. The van der Waals surface area contributed by atoms with Crippen molar-refractivity contribution in [2.24, 2.45) is 49.8 Å². The average Bonchev–Trinajstić information content (AvgIpc) is 3.44. The van der Waals surface area contributed by atoms with E-state index >= 15 is 4.79 Å². The number of aliphatic hydroxyl groups excluding tert-OH is 2. The van der Waals surface area contributed by atoms with Crippen LogP contribution >= 0.6 is 0 Å². The number of fused-ring (bicyclic) bond motifs is 4. The number of aryl methyl sites for hydroxylation is 1. The lowest BCUT2D eigenvalue weighted by Crippen LogP contribution is -2.68. The summed E-state index contributed by atoms with van der Waals surface area (Å²) in [5.41, 5.74) is 6.67. The molecule has 4 aliphatic heterocycles. The van der Waals surface area contributed by atoms with Crippen LogP contribution in [0.15, 0.2) is 34.3 Å². The number of rotatable bonds is 6. The van der Waals surface area contributed by atoms with E-state index in [0.29, 0.717) is 43.9 Å². The number of Topliss-reactive ketones (excluding diaryl/α,β-unsaturated/α-hetero) is 2. The summed E-state index contributed by atoms with van der Waals surface area (Å²) in [5, 5.41) is 27.9. The van der Waals surface area contributed by atoms with Gasteiger partial charge in [-0.3, -0.25) is 14.6 Å². The van der Waals surface area contributed by atoms with Gasteiger partial charge in [-0.15, -0.1) is 0 Å². The van der Waals surface area contributed by atoms with Gasteiger partial charge >= 0.3 is 0 Å². The van der Waals surface area contributed by atoms with Crippen LogP contribution in [-0.4, -0.2) is 69.7 Å². The van der Waals surface area contributed by atoms with E-state index in [4.69, 9.17) is 14.5 Å². The molecule has 2 saturated heterocycles. The molecule has 8 aliphatic rings. The monoisotopic (exact) mass is 845 g/mol. The Morgan fingerprint density at radius 1 is 0.968 bits per heavy atom. The van der Waals surface area contributed by atoms with E-state index in [1.807, 2.05) is 13.8 Å². The molecule has 10 atom stereocenters. The first-order valence-electron chi connectivity index (χ1n) is 24.2. The Hall–Kier alpha value is -3.17. The summed E-state index contributed by atoms with van der Waals surface area (Å²) in [6.07, 6.45) is 10.7. The van der Waals surface area contributed by atoms with Gasteiger partial charge in [0.2, 0.25) is 0 Å². The Bertz CT molecular complexity index is 2450. The molecule has 8 nitrogen and oxygen atoms in total. The number of hydrogen-bond donors (Lipinski definition) is 2. The van der Waals surface area contributed by atoms with Gasteiger partial charge in [-0.1, -0.05) is 71.4 Å². The van der Waals surface area contributed by atoms with Crippen molar-refractivity contribution in [1.82, 2.24) is 4.57 Å². The van der Waals surface area contributed by atoms with Crippen molar-refractivity contribution in [3.63, 3.8) is 0 Å². The van der Waals surface area contributed by atoms with E-state index in [2.05, 4.69) is 90.4 Å². The van der Waals surface area contributed by atoms with E-state index in [0.717, 1.165) is 91.3 Å². The van der Waals surface area contributed by atoms with E-state index in [1.54, 1.807) is 0 Å². The van der Waals surface area contributed by atoms with Crippen LogP contribution < -0.4 is 10.7 Å². The topological polar surface area (TPSA) is 114 Å².